The van der Waals surface area contributed by atoms with Gasteiger partial charge in [-0.2, -0.15) is 0 Å². The van der Waals surface area contributed by atoms with E-state index in [1.807, 2.05) is 0 Å². The third-order valence-electron chi connectivity index (χ3n) is 2.29. The van der Waals surface area contributed by atoms with Gasteiger partial charge in [-0.15, -0.1) is 0 Å². The van der Waals surface area contributed by atoms with E-state index in [9.17, 15) is 4.79 Å². The van der Waals surface area contributed by atoms with E-state index in [4.69, 9.17) is 0 Å². The highest BCUT2D eigenvalue weighted by molar-refractivity contribution is 14.1. The number of hydrogen-bond donors (Lipinski definition) is 0. The van der Waals surface area contributed by atoms with Crippen molar-refractivity contribution in [2.45, 2.75) is 36.2 Å². The van der Waals surface area contributed by atoms with E-state index < -0.39 is 0 Å². The molecule has 0 aromatic carbocycles. The van der Waals surface area contributed by atoms with Crippen LogP contribution in [0.5, 0.6) is 0 Å². The molecule has 0 spiro atoms. The van der Waals surface area contributed by atoms with E-state index in [0.29, 0.717) is 9.84 Å². The fraction of sp³-hybridized carbons (Fsp3) is 0.875. The van der Waals surface area contributed by atoms with E-state index in [2.05, 4.69) is 34.5 Å². The first kappa shape index (κ1) is 9.20. The Balaban J connectivity index is 2.57. The molecule has 0 aromatic heterocycles. The lowest BCUT2D eigenvalue weighted by Crippen LogP contribution is -2.29. The minimum atomic E-state index is 0.233. The van der Waals surface area contributed by atoms with Crippen LogP contribution >= 0.6 is 22.6 Å². The largest absolute Gasteiger partial charge is 0.235 e. The molecule has 3 heteroatoms. The second-order valence-corrected chi connectivity index (χ2v) is 4.58. The summed E-state index contributed by atoms with van der Waals surface area (Å²) < 4.78 is 0.530. The number of isocyanates is 1. The molecule has 1 fully saturated rings. The Labute approximate surface area is 80.6 Å². The smallest absolute Gasteiger partial charge is 0.211 e. The number of aliphatic imine (C=N–C) groups is 1. The van der Waals surface area contributed by atoms with E-state index in [0.717, 1.165) is 6.42 Å². The Morgan fingerprint density at radius 2 is 2.27 bits per heavy atom. The summed E-state index contributed by atoms with van der Waals surface area (Å²) in [4.78, 5) is 13.8. The molecule has 3 unspecified atom stereocenters. The van der Waals surface area contributed by atoms with Gasteiger partial charge in [0.15, 0.2) is 0 Å². The average molecular weight is 265 g/mol. The molecule has 1 rings (SSSR count). The summed E-state index contributed by atoms with van der Waals surface area (Å²) >= 11 is 2.40. The maximum Gasteiger partial charge on any atom is 0.235 e. The van der Waals surface area contributed by atoms with Crippen LogP contribution < -0.4 is 0 Å². The van der Waals surface area contributed by atoms with Crippen LogP contribution in [0.2, 0.25) is 0 Å². The van der Waals surface area contributed by atoms with Crippen LogP contribution in [-0.2, 0) is 4.79 Å². The number of hydrogen-bond acceptors (Lipinski definition) is 2. The molecule has 0 bridgehead atoms. The molecule has 1 aliphatic carbocycles. The van der Waals surface area contributed by atoms with Crippen molar-refractivity contribution in [1.29, 1.82) is 0 Å². The van der Waals surface area contributed by atoms with Crippen molar-refractivity contribution in [2.24, 2.45) is 10.9 Å². The lowest BCUT2D eigenvalue weighted by atomic mass is 9.87. The van der Waals surface area contributed by atoms with Gasteiger partial charge in [-0.05, 0) is 18.8 Å². The van der Waals surface area contributed by atoms with Gasteiger partial charge in [0.1, 0.15) is 0 Å². The van der Waals surface area contributed by atoms with Gasteiger partial charge in [-0.25, -0.2) is 9.79 Å². The van der Waals surface area contributed by atoms with Crippen molar-refractivity contribution in [3.05, 3.63) is 0 Å². The summed E-state index contributed by atoms with van der Waals surface area (Å²) in [7, 11) is 0. The monoisotopic (exact) mass is 265 g/mol. The van der Waals surface area contributed by atoms with Crippen molar-refractivity contribution in [2.75, 3.05) is 0 Å². The molecule has 62 valence electrons. The summed E-state index contributed by atoms with van der Waals surface area (Å²) in [5, 5.41) is 0. The van der Waals surface area contributed by atoms with Gasteiger partial charge in [0.2, 0.25) is 6.08 Å². The molecule has 0 heterocycles. The van der Waals surface area contributed by atoms with Crippen LogP contribution in [0.4, 0.5) is 0 Å². The van der Waals surface area contributed by atoms with Crippen molar-refractivity contribution < 1.29 is 4.79 Å². The van der Waals surface area contributed by atoms with Crippen molar-refractivity contribution in [3.8, 4) is 0 Å². The zero-order valence-electron chi connectivity index (χ0n) is 6.59. The first-order chi connectivity index (χ1) is 5.25. The van der Waals surface area contributed by atoms with Gasteiger partial charge in [0, 0.05) is 3.92 Å². The van der Waals surface area contributed by atoms with Crippen LogP contribution in [0.3, 0.4) is 0 Å². The number of alkyl halides is 1. The molecule has 0 amide bonds. The number of rotatable bonds is 1. The van der Waals surface area contributed by atoms with E-state index in [1.165, 1.54) is 12.8 Å². The molecule has 1 saturated carbocycles. The Morgan fingerprint density at radius 1 is 1.55 bits per heavy atom. The molecule has 3 atom stereocenters. The highest BCUT2D eigenvalue weighted by Gasteiger charge is 2.27. The number of carbonyl (C=O) groups excluding carboxylic acids is 1. The molecule has 11 heavy (non-hydrogen) atoms. The summed E-state index contributed by atoms with van der Waals surface area (Å²) in [6.07, 6.45) is 5.20. The second-order valence-electron chi connectivity index (χ2n) is 3.14. The summed E-state index contributed by atoms with van der Waals surface area (Å²) in [5.74, 6) is 0.700. The molecule has 0 aliphatic heterocycles. The zero-order chi connectivity index (χ0) is 8.27. The van der Waals surface area contributed by atoms with Gasteiger partial charge in [0.05, 0.1) is 6.04 Å². The van der Waals surface area contributed by atoms with Crippen LogP contribution in [0.15, 0.2) is 4.99 Å². The highest BCUT2D eigenvalue weighted by Crippen LogP contribution is 2.31. The van der Waals surface area contributed by atoms with Crippen LogP contribution in [0.25, 0.3) is 0 Å². The maximum absolute atomic E-state index is 10.0. The SMILES string of the molecule is CC1CCCC(N=C=O)C1I. The zero-order valence-corrected chi connectivity index (χ0v) is 8.74. The molecule has 0 saturated heterocycles. The third kappa shape index (κ3) is 2.27. The topological polar surface area (TPSA) is 29.4 Å². The van der Waals surface area contributed by atoms with E-state index in [1.54, 1.807) is 6.08 Å². The molecule has 0 radical (unpaired) electrons. The van der Waals surface area contributed by atoms with Crippen LogP contribution in [-0.4, -0.2) is 16.0 Å². The lowest BCUT2D eigenvalue weighted by molar-refractivity contribution is 0.368. The Hall–Kier alpha value is 0.110. The van der Waals surface area contributed by atoms with Crippen molar-refractivity contribution >= 4 is 28.7 Å². The fourth-order valence-electron chi connectivity index (χ4n) is 1.55. The van der Waals surface area contributed by atoms with E-state index in [-0.39, 0.29) is 6.04 Å². The average Bonchev–Trinajstić information content (AvgIpc) is 1.99. The van der Waals surface area contributed by atoms with Crippen LogP contribution in [0, 0.1) is 5.92 Å². The molecule has 0 N–H and O–H groups in total. The number of halogens is 1. The predicted octanol–water partition coefficient (Wildman–Crippen LogP) is 2.31. The van der Waals surface area contributed by atoms with Gasteiger partial charge >= 0.3 is 0 Å². The summed E-state index contributed by atoms with van der Waals surface area (Å²) in [5.41, 5.74) is 0. The number of nitrogens with zero attached hydrogens (tertiary/aromatic N) is 1. The minimum absolute atomic E-state index is 0.233. The van der Waals surface area contributed by atoms with E-state index >= 15 is 0 Å². The Kier molecular flexibility index (Phi) is 3.52. The molecule has 2 nitrogen and oxygen atoms in total. The second kappa shape index (κ2) is 4.21. The third-order valence-corrected chi connectivity index (χ3v) is 4.35. The predicted molar refractivity (Wildman–Crippen MR) is 52.7 cm³/mol. The lowest BCUT2D eigenvalue weighted by Gasteiger charge is -2.28. The Bertz CT molecular complexity index is 177. The highest BCUT2D eigenvalue weighted by atomic mass is 127. The van der Waals surface area contributed by atoms with Gasteiger partial charge < -0.3 is 0 Å². The first-order valence-electron chi connectivity index (χ1n) is 3.96. The molecular weight excluding hydrogens is 253 g/mol. The molecular formula is C8H12INO. The maximum atomic E-state index is 10.0. The van der Waals surface area contributed by atoms with Gasteiger partial charge in [0.25, 0.3) is 0 Å². The first-order valence-corrected chi connectivity index (χ1v) is 5.21. The summed E-state index contributed by atoms with van der Waals surface area (Å²) in [6, 6.07) is 0.233. The molecule has 1 aliphatic rings. The van der Waals surface area contributed by atoms with Gasteiger partial charge in [-0.1, -0.05) is 35.9 Å². The van der Waals surface area contributed by atoms with Gasteiger partial charge in [-0.3, -0.25) is 0 Å². The normalized spacial score (nSPS) is 37.8. The summed E-state index contributed by atoms with van der Waals surface area (Å²) in [6.45, 7) is 2.23. The van der Waals surface area contributed by atoms with Crippen molar-refractivity contribution in [3.63, 3.8) is 0 Å². The van der Waals surface area contributed by atoms with Crippen LogP contribution in [0.1, 0.15) is 26.2 Å². The van der Waals surface area contributed by atoms with Crippen molar-refractivity contribution in [1.82, 2.24) is 0 Å². The quantitative estimate of drug-likeness (QED) is 0.309. The Morgan fingerprint density at radius 3 is 2.91 bits per heavy atom. The fourth-order valence-corrected chi connectivity index (χ4v) is 2.43. The standard InChI is InChI=1S/C8H12INO/c1-6-3-2-4-7(8(6)9)10-5-11/h6-8H,2-4H2,1H3. The minimum Gasteiger partial charge on any atom is -0.211 e. The molecule has 0 aromatic rings.